The number of hydrogen-bond donors (Lipinski definition) is 0. The highest BCUT2D eigenvalue weighted by atomic mass is 31.1. The lowest BCUT2D eigenvalue weighted by atomic mass is 10.2. The van der Waals surface area contributed by atoms with Crippen LogP contribution >= 0.6 is 15.8 Å². The second-order valence-electron chi connectivity index (χ2n) is 20.9. The zero-order valence-corrected chi connectivity index (χ0v) is 49.9. The molecule has 2 aromatic carbocycles. The first-order valence-corrected chi connectivity index (χ1v) is 30.7. The van der Waals surface area contributed by atoms with Gasteiger partial charge in [-0.05, 0) is 145 Å². The van der Waals surface area contributed by atoms with E-state index in [4.69, 9.17) is 9.97 Å². The molecule has 11 heteroatoms. The van der Waals surface area contributed by atoms with Gasteiger partial charge in [-0.2, -0.15) is 0 Å². The highest BCUT2D eigenvalue weighted by Crippen LogP contribution is 2.61. The second kappa shape index (κ2) is 32.0. The summed E-state index contributed by atoms with van der Waals surface area (Å²) in [5.41, 5.74) is 12.0. The van der Waals surface area contributed by atoms with E-state index in [1.54, 1.807) is 12.4 Å². The van der Waals surface area contributed by atoms with Crippen molar-refractivity contribution in [3.05, 3.63) is 254 Å². The van der Waals surface area contributed by atoms with Crippen LogP contribution in [0.25, 0.3) is 45.6 Å². The molecule has 0 atom stereocenters. The summed E-state index contributed by atoms with van der Waals surface area (Å²) in [6.45, 7) is 23.6. The lowest BCUT2D eigenvalue weighted by Gasteiger charge is -2.41. The Kier molecular flexibility index (Phi) is 24.8. The lowest BCUT2D eigenvalue weighted by Crippen LogP contribution is -2.26. The molecule has 0 unspecified atom stereocenters. The summed E-state index contributed by atoms with van der Waals surface area (Å²) in [6.07, 6.45) is 10.2. The monoisotopic (exact) mass is 1110 g/mol. The SMILES string of the molecule is C.CC(C)(C)P(Cc1cccc(-c2ccccn2)n1)C(C)(C)C.CCN(CC)Cc1cccc(-c2ccccn2)n1.CCc1cccc(-c2ccccn2)n1.c1ccc(P(Cc2cccc(-c3ccccn3)n2)c2ccccc2)cc1. The molecule has 0 saturated heterocycles. The molecular formula is C70H81N9P2. The largest absolute Gasteiger partial charge is 0.298 e. The minimum Gasteiger partial charge on any atom is -0.298 e. The maximum absolute atomic E-state index is 4.89. The van der Waals surface area contributed by atoms with Gasteiger partial charge in [0.2, 0.25) is 0 Å². The molecule has 10 rings (SSSR count). The Labute approximate surface area is 486 Å². The Morgan fingerprint density at radius 3 is 0.975 bits per heavy atom. The van der Waals surface area contributed by atoms with Gasteiger partial charge >= 0.3 is 0 Å². The molecule has 0 amide bonds. The van der Waals surface area contributed by atoms with Gasteiger partial charge in [0.1, 0.15) is 0 Å². The van der Waals surface area contributed by atoms with Gasteiger partial charge < -0.3 is 0 Å². The maximum Gasteiger partial charge on any atom is 0.0890 e. The zero-order valence-electron chi connectivity index (χ0n) is 48.1. The summed E-state index contributed by atoms with van der Waals surface area (Å²) in [6, 6.07) is 69.8. The van der Waals surface area contributed by atoms with Crippen LogP contribution in [-0.2, 0) is 25.3 Å². The van der Waals surface area contributed by atoms with Crippen molar-refractivity contribution >= 4 is 26.5 Å². The molecule has 9 nitrogen and oxygen atoms in total. The third kappa shape index (κ3) is 19.9. The number of benzene rings is 2. The van der Waals surface area contributed by atoms with Crippen LogP contribution in [0.2, 0.25) is 0 Å². The maximum atomic E-state index is 4.89. The first-order valence-electron chi connectivity index (χ1n) is 27.7. The van der Waals surface area contributed by atoms with Gasteiger partial charge in [0.15, 0.2) is 0 Å². The van der Waals surface area contributed by atoms with Crippen LogP contribution in [0.3, 0.4) is 0 Å². The van der Waals surface area contributed by atoms with Crippen LogP contribution < -0.4 is 10.6 Å². The van der Waals surface area contributed by atoms with E-state index < -0.39 is 7.92 Å². The molecule has 0 saturated carbocycles. The summed E-state index contributed by atoms with van der Waals surface area (Å²) >= 11 is 0. The standard InChI is InChI=1S/C23H19N2P.C19H27N2P.C15H19N3.C12H12N2.CH4/c1-3-11-20(12-4-1)26(21-13-5-2-6-14-21)18-19-10-9-16-23(25-19)22-15-7-8-17-24-22;1-18(2,3)22(19(4,5)6)14-15-10-9-12-17(21-15)16-11-7-8-13-20-16;1-3-18(4-2)12-13-8-7-10-15(17-13)14-9-5-6-11-16-14;1-2-10-6-5-8-12(14-10)11-7-3-4-9-13-11;/h1-17H,18H2;7-13H,14H2,1-6H3;5-11H,3-4,12H2,1-2H3;3-9H,2H2,1H3;1H4. The van der Waals surface area contributed by atoms with Crippen molar-refractivity contribution in [2.75, 3.05) is 13.1 Å². The van der Waals surface area contributed by atoms with Crippen LogP contribution in [-0.4, -0.2) is 68.2 Å². The first-order chi connectivity index (χ1) is 38.8. The molecule has 0 aliphatic heterocycles. The lowest BCUT2D eigenvalue weighted by molar-refractivity contribution is 0.292. The fourth-order valence-electron chi connectivity index (χ4n) is 9.04. The van der Waals surface area contributed by atoms with Gasteiger partial charge in [-0.1, -0.05) is 187 Å². The van der Waals surface area contributed by atoms with E-state index >= 15 is 0 Å². The van der Waals surface area contributed by atoms with E-state index in [9.17, 15) is 0 Å². The van der Waals surface area contributed by atoms with Crippen molar-refractivity contribution in [2.45, 2.75) is 105 Å². The van der Waals surface area contributed by atoms with Crippen molar-refractivity contribution < 1.29 is 0 Å². The predicted octanol–water partition coefficient (Wildman–Crippen LogP) is 16.8. The molecular weight excluding hydrogens is 1030 g/mol. The third-order valence-corrected chi connectivity index (χ3v) is 19.3. The van der Waals surface area contributed by atoms with Crippen molar-refractivity contribution in [3.63, 3.8) is 0 Å². The molecule has 0 bridgehead atoms. The van der Waals surface area contributed by atoms with Crippen LogP contribution in [0.4, 0.5) is 0 Å². The van der Waals surface area contributed by atoms with Crippen LogP contribution in [0.1, 0.15) is 92.5 Å². The molecule has 0 radical (unpaired) electrons. The Balaban J connectivity index is 0.000000177. The van der Waals surface area contributed by atoms with Crippen LogP contribution in [0.5, 0.6) is 0 Å². The Morgan fingerprint density at radius 2 is 0.642 bits per heavy atom. The number of rotatable bonds is 15. The predicted molar refractivity (Wildman–Crippen MR) is 346 cm³/mol. The summed E-state index contributed by atoms with van der Waals surface area (Å²) in [7, 11) is -0.675. The van der Waals surface area contributed by atoms with Gasteiger partial charge in [0, 0.05) is 60.7 Å². The Bertz CT molecular complexity index is 3290. The Hall–Kier alpha value is -7.54. The molecule has 0 N–H and O–H groups in total. The van der Waals surface area contributed by atoms with E-state index in [0.29, 0.717) is 10.3 Å². The number of hydrogen-bond acceptors (Lipinski definition) is 9. The number of nitrogens with zero attached hydrogens (tertiary/aromatic N) is 9. The molecule has 0 aliphatic rings. The van der Waals surface area contributed by atoms with Crippen LogP contribution in [0.15, 0.2) is 231 Å². The van der Waals surface area contributed by atoms with Crippen molar-refractivity contribution in [1.82, 2.24) is 44.8 Å². The van der Waals surface area contributed by atoms with Crippen molar-refractivity contribution in [2.24, 2.45) is 0 Å². The number of aryl methyl sites for hydroxylation is 1. The summed E-state index contributed by atoms with van der Waals surface area (Å²) in [5.74, 6) is 0. The Morgan fingerprint density at radius 1 is 0.333 bits per heavy atom. The minimum atomic E-state index is -0.491. The molecule has 0 aliphatic carbocycles. The van der Waals surface area contributed by atoms with Crippen molar-refractivity contribution in [3.8, 4) is 45.6 Å². The number of pyridine rings is 8. The van der Waals surface area contributed by atoms with E-state index in [-0.39, 0.29) is 15.3 Å². The van der Waals surface area contributed by atoms with Gasteiger partial charge in [0.05, 0.1) is 51.2 Å². The molecule has 416 valence electrons. The van der Waals surface area contributed by atoms with E-state index in [0.717, 1.165) is 101 Å². The van der Waals surface area contributed by atoms with Gasteiger partial charge in [0.25, 0.3) is 0 Å². The molecule has 8 aromatic heterocycles. The van der Waals surface area contributed by atoms with E-state index in [1.807, 2.05) is 122 Å². The van der Waals surface area contributed by atoms with Gasteiger partial charge in [-0.3, -0.25) is 39.8 Å². The fraction of sp³-hybridized carbons (Fsp3) is 0.257. The summed E-state index contributed by atoms with van der Waals surface area (Å²) in [5, 5.41) is 3.38. The van der Waals surface area contributed by atoms with Gasteiger partial charge in [-0.25, -0.2) is 4.98 Å². The molecule has 0 fully saturated rings. The number of aromatic nitrogens is 8. The molecule has 8 heterocycles. The smallest absolute Gasteiger partial charge is 0.0890 e. The third-order valence-electron chi connectivity index (χ3n) is 13.0. The molecule has 10 aromatic rings. The zero-order chi connectivity index (χ0) is 56.6. The van der Waals surface area contributed by atoms with E-state index in [1.165, 1.54) is 16.3 Å². The van der Waals surface area contributed by atoms with Crippen LogP contribution in [0, 0.1) is 0 Å². The fourth-order valence-corrected chi connectivity index (χ4v) is 14.7. The average Bonchev–Trinajstić information content (AvgIpc) is 3.52. The minimum absolute atomic E-state index is 0. The highest BCUT2D eigenvalue weighted by Gasteiger charge is 2.34. The first kappa shape index (κ1) is 62.7. The molecule has 81 heavy (non-hydrogen) atoms. The topological polar surface area (TPSA) is 106 Å². The van der Waals surface area contributed by atoms with Gasteiger partial charge in [-0.15, -0.1) is 0 Å². The highest BCUT2D eigenvalue weighted by molar-refractivity contribution is 7.72. The normalized spacial score (nSPS) is 11.1. The molecule has 0 spiro atoms. The quantitative estimate of drug-likeness (QED) is 0.0928. The van der Waals surface area contributed by atoms with E-state index in [2.05, 4.69) is 194 Å². The summed E-state index contributed by atoms with van der Waals surface area (Å²) < 4.78 is 0. The average molecular weight is 1110 g/mol. The second-order valence-corrected chi connectivity index (χ2v) is 27.0. The summed E-state index contributed by atoms with van der Waals surface area (Å²) in [4.78, 5) is 38.7. The van der Waals surface area contributed by atoms with Crippen molar-refractivity contribution in [1.29, 1.82) is 0 Å².